The number of nitrogens with zero attached hydrogens (tertiary/aromatic N) is 2. The molecule has 0 bridgehead atoms. The summed E-state index contributed by atoms with van der Waals surface area (Å²) in [5, 5.41) is 13.4. The summed E-state index contributed by atoms with van der Waals surface area (Å²) in [6.45, 7) is 1.83. The Kier molecular flexibility index (Phi) is 6.01. The Balaban J connectivity index is 1.33. The van der Waals surface area contributed by atoms with E-state index in [2.05, 4.69) is 10.2 Å². The summed E-state index contributed by atoms with van der Waals surface area (Å²) in [7, 11) is 0. The van der Waals surface area contributed by atoms with Crippen molar-refractivity contribution in [3.63, 3.8) is 0 Å². The van der Waals surface area contributed by atoms with Crippen molar-refractivity contribution >= 4 is 11.8 Å². The van der Waals surface area contributed by atoms with Crippen molar-refractivity contribution in [2.24, 2.45) is 0 Å². The third-order valence-corrected chi connectivity index (χ3v) is 6.52. The molecule has 0 aromatic carbocycles. The maximum Gasteiger partial charge on any atom is 0.289 e. The molecular weight excluding hydrogens is 358 g/mol. The van der Waals surface area contributed by atoms with E-state index < -0.39 is 6.10 Å². The van der Waals surface area contributed by atoms with Gasteiger partial charge in [0, 0.05) is 31.7 Å². The van der Waals surface area contributed by atoms with E-state index in [0.717, 1.165) is 25.7 Å². The Morgan fingerprint density at radius 3 is 2.54 bits per heavy atom. The quantitative estimate of drug-likeness (QED) is 0.820. The van der Waals surface area contributed by atoms with Crippen molar-refractivity contribution in [3.8, 4) is 0 Å². The number of nitrogens with one attached hydrogen (secondary N) is 1. The summed E-state index contributed by atoms with van der Waals surface area (Å²) in [5.74, 6) is 0.369. The minimum Gasteiger partial charge on any atom is -0.459 e. The maximum atomic E-state index is 12.9. The first-order chi connectivity index (χ1) is 13.6. The first kappa shape index (κ1) is 19.5. The second-order valence-corrected chi connectivity index (χ2v) is 8.45. The van der Waals surface area contributed by atoms with Gasteiger partial charge in [-0.1, -0.05) is 19.3 Å². The van der Waals surface area contributed by atoms with Crippen LogP contribution >= 0.6 is 0 Å². The fourth-order valence-corrected chi connectivity index (χ4v) is 5.00. The van der Waals surface area contributed by atoms with Gasteiger partial charge in [0.2, 0.25) is 5.91 Å². The first-order valence-corrected chi connectivity index (χ1v) is 10.7. The molecule has 1 aromatic rings. The van der Waals surface area contributed by atoms with Gasteiger partial charge in [0.15, 0.2) is 5.76 Å². The molecule has 0 radical (unpaired) electrons. The molecule has 3 aliphatic rings. The van der Waals surface area contributed by atoms with Crippen LogP contribution in [0.2, 0.25) is 0 Å². The highest BCUT2D eigenvalue weighted by Crippen LogP contribution is 2.28. The zero-order valence-corrected chi connectivity index (χ0v) is 16.4. The molecular formula is C21H31N3O4. The van der Waals surface area contributed by atoms with E-state index in [1.54, 1.807) is 12.1 Å². The van der Waals surface area contributed by atoms with Crippen LogP contribution in [0.15, 0.2) is 22.8 Å². The van der Waals surface area contributed by atoms with Crippen molar-refractivity contribution in [1.82, 2.24) is 15.1 Å². The Hall–Kier alpha value is -1.86. The highest BCUT2D eigenvalue weighted by molar-refractivity contribution is 5.91. The van der Waals surface area contributed by atoms with E-state index in [-0.39, 0.29) is 29.9 Å². The van der Waals surface area contributed by atoms with Crippen LogP contribution in [0.4, 0.5) is 0 Å². The standard InChI is InChI=1S/C21H31N3O4/c25-17-13-18(20(26)22-15-5-2-1-3-6-15)24(14-17)16-8-10-23(11-9-16)21(27)19-7-4-12-28-19/h4,7,12,15-18,25H,1-3,5-6,8-11,13-14H2,(H,22,26)/t17-,18+/m1/s1. The number of furan rings is 1. The van der Waals surface area contributed by atoms with E-state index in [1.165, 1.54) is 25.5 Å². The fraction of sp³-hybridized carbons (Fsp3) is 0.714. The zero-order chi connectivity index (χ0) is 19.5. The molecule has 2 N–H and O–H groups in total. The van der Waals surface area contributed by atoms with Gasteiger partial charge < -0.3 is 19.7 Å². The predicted octanol–water partition coefficient (Wildman–Crippen LogP) is 1.77. The number of carbonyl (C=O) groups excluding carboxylic acids is 2. The molecule has 2 amide bonds. The lowest BCUT2D eigenvalue weighted by atomic mass is 9.95. The topological polar surface area (TPSA) is 86.0 Å². The number of piperidine rings is 1. The summed E-state index contributed by atoms with van der Waals surface area (Å²) < 4.78 is 5.22. The average molecular weight is 389 g/mol. The predicted molar refractivity (Wildman–Crippen MR) is 104 cm³/mol. The zero-order valence-electron chi connectivity index (χ0n) is 16.4. The van der Waals surface area contributed by atoms with Gasteiger partial charge in [-0.15, -0.1) is 0 Å². The molecule has 28 heavy (non-hydrogen) atoms. The second kappa shape index (κ2) is 8.66. The molecule has 0 spiro atoms. The van der Waals surface area contributed by atoms with Crippen LogP contribution in [0.1, 0.15) is 61.9 Å². The first-order valence-electron chi connectivity index (χ1n) is 10.7. The van der Waals surface area contributed by atoms with E-state index in [9.17, 15) is 14.7 Å². The van der Waals surface area contributed by atoms with Gasteiger partial charge in [0.25, 0.3) is 5.91 Å². The van der Waals surface area contributed by atoms with Crippen molar-refractivity contribution < 1.29 is 19.1 Å². The largest absolute Gasteiger partial charge is 0.459 e. The van der Waals surface area contributed by atoms with Crippen molar-refractivity contribution in [3.05, 3.63) is 24.2 Å². The number of aliphatic hydroxyl groups excluding tert-OH is 1. The number of hydrogen-bond donors (Lipinski definition) is 2. The van der Waals surface area contributed by atoms with Gasteiger partial charge in [0.1, 0.15) is 0 Å². The molecule has 7 nitrogen and oxygen atoms in total. The van der Waals surface area contributed by atoms with Crippen LogP contribution in [0.25, 0.3) is 0 Å². The lowest BCUT2D eigenvalue weighted by molar-refractivity contribution is -0.127. The SMILES string of the molecule is O=C(NC1CCCCC1)[C@@H]1C[C@@H](O)CN1C1CCN(C(=O)c2ccco2)CC1. The highest BCUT2D eigenvalue weighted by Gasteiger charge is 2.41. The number of hydrogen-bond acceptors (Lipinski definition) is 5. The van der Waals surface area contributed by atoms with E-state index in [4.69, 9.17) is 4.42 Å². The smallest absolute Gasteiger partial charge is 0.289 e. The van der Waals surface area contributed by atoms with Crippen LogP contribution < -0.4 is 5.32 Å². The molecule has 3 fully saturated rings. The van der Waals surface area contributed by atoms with Crippen LogP contribution in [0.3, 0.4) is 0 Å². The Morgan fingerprint density at radius 2 is 1.86 bits per heavy atom. The van der Waals surface area contributed by atoms with Gasteiger partial charge in [-0.25, -0.2) is 0 Å². The lowest BCUT2D eigenvalue weighted by Crippen LogP contribution is -2.53. The monoisotopic (exact) mass is 389 g/mol. The summed E-state index contributed by atoms with van der Waals surface area (Å²) in [6, 6.07) is 3.67. The minimum absolute atomic E-state index is 0.0672. The maximum absolute atomic E-state index is 12.9. The Bertz CT molecular complexity index is 663. The average Bonchev–Trinajstić information content (AvgIpc) is 3.38. The molecule has 3 heterocycles. The summed E-state index contributed by atoms with van der Waals surface area (Å²) >= 11 is 0. The van der Waals surface area contributed by atoms with E-state index >= 15 is 0 Å². The minimum atomic E-state index is -0.454. The molecule has 2 atom stereocenters. The molecule has 2 aliphatic heterocycles. The van der Waals surface area contributed by atoms with Gasteiger partial charge in [0.05, 0.1) is 18.4 Å². The third-order valence-electron chi connectivity index (χ3n) is 6.52. The van der Waals surface area contributed by atoms with Crippen molar-refractivity contribution in [1.29, 1.82) is 0 Å². The molecule has 1 aliphatic carbocycles. The lowest BCUT2D eigenvalue weighted by Gasteiger charge is -2.39. The summed E-state index contributed by atoms with van der Waals surface area (Å²) in [5.41, 5.74) is 0. The molecule has 154 valence electrons. The van der Waals surface area contributed by atoms with E-state index in [0.29, 0.717) is 31.8 Å². The third kappa shape index (κ3) is 4.25. The molecule has 1 aromatic heterocycles. The number of amides is 2. The second-order valence-electron chi connectivity index (χ2n) is 8.45. The van der Waals surface area contributed by atoms with Crippen molar-refractivity contribution in [2.75, 3.05) is 19.6 Å². The summed E-state index contributed by atoms with van der Waals surface area (Å²) in [6.07, 6.45) is 8.95. The Morgan fingerprint density at radius 1 is 1.11 bits per heavy atom. The van der Waals surface area contributed by atoms with Gasteiger partial charge in [-0.2, -0.15) is 0 Å². The van der Waals surface area contributed by atoms with Gasteiger partial charge >= 0.3 is 0 Å². The van der Waals surface area contributed by atoms with Crippen LogP contribution in [0.5, 0.6) is 0 Å². The Labute approximate surface area is 166 Å². The van der Waals surface area contributed by atoms with Crippen LogP contribution in [-0.2, 0) is 4.79 Å². The number of β-amino-alcohol motifs (C(OH)–C–C–N with tert-alkyl or cyclic N) is 1. The fourth-order valence-electron chi connectivity index (χ4n) is 5.00. The number of rotatable bonds is 4. The normalized spacial score (nSPS) is 27.8. The number of aliphatic hydroxyl groups is 1. The van der Waals surface area contributed by atoms with Crippen LogP contribution in [-0.4, -0.2) is 70.6 Å². The molecule has 4 rings (SSSR count). The molecule has 1 saturated carbocycles. The van der Waals surface area contributed by atoms with Crippen molar-refractivity contribution in [2.45, 2.75) is 75.6 Å². The summed E-state index contributed by atoms with van der Waals surface area (Å²) in [4.78, 5) is 29.3. The highest BCUT2D eigenvalue weighted by atomic mass is 16.3. The number of carbonyl (C=O) groups is 2. The molecule has 2 saturated heterocycles. The van der Waals surface area contributed by atoms with Gasteiger partial charge in [-0.3, -0.25) is 14.5 Å². The van der Waals surface area contributed by atoms with Crippen LogP contribution in [0, 0.1) is 0 Å². The van der Waals surface area contributed by atoms with Gasteiger partial charge in [-0.05, 0) is 44.2 Å². The molecule has 7 heteroatoms. The molecule has 0 unspecified atom stereocenters. The van der Waals surface area contributed by atoms with E-state index in [1.807, 2.05) is 4.90 Å². The number of likely N-dealkylation sites (tertiary alicyclic amines) is 2.